The van der Waals surface area contributed by atoms with E-state index in [0.717, 1.165) is 12.1 Å². The number of anilines is 2. The number of nitrogen functional groups attached to an aromatic ring is 1. The third kappa shape index (κ3) is 3.24. The predicted octanol–water partition coefficient (Wildman–Crippen LogP) is 2.97. The van der Waals surface area contributed by atoms with E-state index >= 15 is 0 Å². The maximum Gasteiger partial charge on any atom is 0.261 e. The fourth-order valence-electron chi connectivity index (χ4n) is 1.43. The van der Waals surface area contributed by atoms with Crippen molar-refractivity contribution in [2.45, 2.75) is 4.90 Å². The fourth-order valence-corrected chi connectivity index (χ4v) is 3.14. The molecular formula is C12H10BrFN2O2S. The predicted molar refractivity (Wildman–Crippen MR) is 75.8 cm³/mol. The highest BCUT2D eigenvalue weighted by atomic mass is 79.9. The first kappa shape index (κ1) is 13.8. The van der Waals surface area contributed by atoms with Gasteiger partial charge in [0, 0.05) is 10.2 Å². The molecule has 0 aromatic heterocycles. The van der Waals surface area contributed by atoms with Crippen molar-refractivity contribution in [2.75, 3.05) is 10.5 Å². The van der Waals surface area contributed by atoms with Gasteiger partial charge in [-0.3, -0.25) is 4.72 Å². The average Bonchev–Trinajstić information content (AvgIpc) is 2.33. The van der Waals surface area contributed by atoms with E-state index in [-0.39, 0.29) is 4.90 Å². The normalized spacial score (nSPS) is 11.3. The van der Waals surface area contributed by atoms with Crippen LogP contribution >= 0.6 is 15.9 Å². The number of rotatable bonds is 3. The summed E-state index contributed by atoms with van der Waals surface area (Å²) in [6.45, 7) is 0. The fraction of sp³-hybridized carbons (Fsp3) is 0. The molecule has 0 aliphatic carbocycles. The van der Waals surface area contributed by atoms with Gasteiger partial charge in [0.15, 0.2) is 0 Å². The van der Waals surface area contributed by atoms with Gasteiger partial charge < -0.3 is 5.73 Å². The molecule has 0 saturated heterocycles. The van der Waals surface area contributed by atoms with Crippen LogP contribution in [0.1, 0.15) is 0 Å². The number of benzene rings is 2. The van der Waals surface area contributed by atoms with Crippen LogP contribution in [0.15, 0.2) is 51.8 Å². The van der Waals surface area contributed by atoms with E-state index in [0.29, 0.717) is 15.8 Å². The third-order valence-electron chi connectivity index (χ3n) is 2.36. The van der Waals surface area contributed by atoms with Crippen molar-refractivity contribution in [3.8, 4) is 0 Å². The van der Waals surface area contributed by atoms with Crippen molar-refractivity contribution in [2.24, 2.45) is 0 Å². The van der Waals surface area contributed by atoms with Crippen LogP contribution in [0.25, 0.3) is 0 Å². The van der Waals surface area contributed by atoms with Gasteiger partial charge in [-0.1, -0.05) is 0 Å². The maximum absolute atomic E-state index is 12.8. The number of hydrogen-bond acceptors (Lipinski definition) is 3. The second kappa shape index (κ2) is 5.18. The summed E-state index contributed by atoms with van der Waals surface area (Å²) in [5, 5.41) is 0. The quantitative estimate of drug-likeness (QED) is 0.840. The highest BCUT2D eigenvalue weighted by Gasteiger charge is 2.15. The van der Waals surface area contributed by atoms with Crippen molar-refractivity contribution < 1.29 is 12.8 Å². The van der Waals surface area contributed by atoms with Crippen molar-refractivity contribution in [3.63, 3.8) is 0 Å². The molecule has 0 fully saturated rings. The molecule has 0 radical (unpaired) electrons. The van der Waals surface area contributed by atoms with Crippen LogP contribution < -0.4 is 10.5 Å². The molecule has 0 amide bonds. The monoisotopic (exact) mass is 344 g/mol. The zero-order valence-electron chi connectivity index (χ0n) is 9.60. The van der Waals surface area contributed by atoms with E-state index < -0.39 is 15.8 Å². The van der Waals surface area contributed by atoms with E-state index in [1.807, 2.05) is 0 Å². The summed E-state index contributed by atoms with van der Waals surface area (Å²) >= 11 is 3.22. The van der Waals surface area contributed by atoms with Gasteiger partial charge in [0.2, 0.25) is 0 Å². The maximum atomic E-state index is 12.8. The molecule has 0 atom stereocenters. The lowest BCUT2D eigenvalue weighted by Gasteiger charge is -2.10. The van der Waals surface area contributed by atoms with Gasteiger partial charge in [-0.25, -0.2) is 12.8 Å². The zero-order chi connectivity index (χ0) is 14.0. The van der Waals surface area contributed by atoms with Crippen LogP contribution in [0.3, 0.4) is 0 Å². The minimum absolute atomic E-state index is 0.0161. The molecule has 0 saturated carbocycles. The molecule has 0 unspecified atom stereocenters. The molecule has 0 heterocycles. The zero-order valence-corrected chi connectivity index (χ0v) is 12.0. The van der Waals surface area contributed by atoms with Gasteiger partial charge in [-0.2, -0.15) is 0 Å². The minimum Gasteiger partial charge on any atom is -0.399 e. The Kier molecular flexibility index (Phi) is 3.77. The third-order valence-corrected chi connectivity index (χ3v) is 4.40. The molecule has 100 valence electrons. The molecule has 0 aliphatic heterocycles. The lowest BCUT2D eigenvalue weighted by atomic mass is 10.3. The lowest BCUT2D eigenvalue weighted by Crippen LogP contribution is -2.13. The summed E-state index contributed by atoms with van der Waals surface area (Å²) in [5.41, 5.74) is 6.44. The number of sulfonamides is 1. The highest BCUT2D eigenvalue weighted by Crippen LogP contribution is 2.27. The van der Waals surface area contributed by atoms with E-state index in [9.17, 15) is 12.8 Å². The summed E-state index contributed by atoms with van der Waals surface area (Å²) in [6, 6.07) is 9.28. The number of halogens is 2. The first-order chi connectivity index (χ1) is 8.88. The van der Waals surface area contributed by atoms with Gasteiger partial charge in [0.05, 0.1) is 10.6 Å². The molecule has 3 N–H and O–H groups in total. The smallest absolute Gasteiger partial charge is 0.261 e. The van der Waals surface area contributed by atoms with Crippen molar-refractivity contribution in [3.05, 3.63) is 52.8 Å². The van der Waals surface area contributed by atoms with Crippen molar-refractivity contribution in [1.29, 1.82) is 0 Å². The molecule has 19 heavy (non-hydrogen) atoms. The first-order valence-corrected chi connectivity index (χ1v) is 7.49. The molecule has 0 bridgehead atoms. The Morgan fingerprint density at radius 1 is 1.11 bits per heavy atom. The number of nitrogens with two attached hydrogens (primary N) is 1. The van der Waals surface area contributed by atoms with Gasteiger partial charge in [-0.05, 0) is 58.4 Å². The standard InChI is InChI=1S/C12H10BrFN2O2S/c13-11-7-9(15)3-6-12(11)16-19(17,18)10-4-1-8(14)2-5-10/h1-7,16H,15H2. The first-order valence-electron chi connectivity index (χ1n) is 5.22. The molecule has 7 heteroatoms. The Morgan fingerprint density at radius 3 is 2.32 bits per heavy atom. The molecule has 2 aromatic rings. The van der Waals surface area contributed by atoms with E-state index in [2.05, 4.69) is 20.7 Å². The molecule has 0 aliphatic rings. The van der Waals surface area contributed by atoms with Gasteiger partial charge in [0.1, 0.15) is 5.82 Å². The molecular weight excluding hydrogens is 335 g/mol. The van der Waals surface area contributed by atoms with Crippen LogP contribution in [0.5, 0.6) is 0 Å². The van der Waals surface area contributed by atoms with Crippen molar-refractivity contribution in [1.82, 2.24) is 0 Å². The topological polar surface area (TPSA) is 72.2 Å². The highest BCUT2D eigenvalue weighted by molar-refractivity contribution is 9.10. The minimum atomic E-state index is -3.75. The van der Waals surface area contributed by atoms with Crippen LogP contribution in [-0.2, 0) is 10.0 Å². The number of nitrogens with one attached hydrogen (secondary N) is 1. The average molecular weight is 345 g/mol. The molecule has 2 rings (SSSR count). The lowest BCUT2D eigenvalue weighted by molar-refractivity contribution is 0.599. The summed E-state index contributed by atoms with van der Waals surface area (Å²) in [4.78, 5) is -0.0161. The SMILES string of the molecule is Nc1ccc(NS(=O)(=O)c2ccc(F)cc2)c(Br)c1. The van der Waals surface area contributed by atoms with Crippen LogP contribution in [0.4, 0.5) is 15.8 Å². The number of hydrogen-bond donors (Lipinski definition) is 2. The van der Waals surface area contributed by atoms with Gasteiger partial charge in [0.25, 0.3) is 10.0 Å². The van der Waals surface area contributed by atoms with Crippen LogP contribution in [0, 0.1) is 5.82 Å². The largest absolute Gasteiger partial charge is 0.399 e. The van der Waals surface area contributed by atoms with Crippen LogP contribution in [-0.4, -0.2) is 8.42 Å². The Hall–Kier alpha value is -1.60. The van der Waals surface area contributed by atoms with E-state index in [4.69, 9.17) is 5.73 Å². The van der Waals surface area contributed by atoms with Crippen molar-refractivity contribution >= 4 is 37.3 Å². The Morgan fingerprint density at radius 2 is 1.74 bits per heavy atom. The second-order valence-electron chi connectivity index (χ2n) is 3.80. The summed E-state index contributed by atoms with van der Waals surface area (Å²) < 4.78 is 39.8. The van der Waals surface area contributed by atoms with Crippen LogP contribution in [0.2, 0.25) is 0 Å². The summed E-state index contributed by atoms with van der Waals surface area (Å²) in [6.07, 6.45) is 0. The Labute approximate surface area is 118 Å². The summed E-state index contributed by atoms with van der Waals surface area (Å²) in [7, 11) is -3.75. The van der Waals surface area contributed by atoms with E-state index in [1.54, 1.807) is 18.2 Å². The molecule has 0 spiro atoms. The van der Waals surface area contributed by atoms with E-state index in [1.165, 1.54) is 12.1 Å². The Bertz CT molecular complexity index is 702. The molecule has 2 aromatic carbocycles. The second-order valence-corrected chi connectivity index (χ2v) is 6.34. The van der Waals surface area contributed by atoms with Gasteiger partial charge >= 0.3 is 0 Å². The van der Waals surface area contributed by atoms with Gasteiger partial charge in [-0.15, -0.1) is 0 Å². The Balaban J connectivity index is 2.33. The summed E-state index contributed by atoms with van der Waals surface area (Å²) in [5.74, 6) is -0.493. The molecule has 4 nitrogen and oxygen atoms in total.